The monoisotopic (exact) mass is 792 g/mol. The molecule has 0 aliphatic heterocycles. The molecule has 0 heterocycles. The number of aliphatic hydroxyl groups is 5. The average Bonchev–Trinajstić information content (AvgIpc) is 3.15. The van der Waals surface area contributed by atoms with Crippen LogP contribution in [0.15, 0.2) is 24.3 Å². The summed E-state index contributed by atoms with van der Waals surface area (Å²) in [4.78, 5) is 35.5. The number of phosphoric acid groups is 1. The Morgan fingerprint density at radius 3 is 1.48 bits per heavy atom. The van der Waals surface area contributed by atoms with E-state index < -0.39 is 75.7 Å². The van der Waals surface area contributed by atoms with Crippen LogP contribution in [-0.2, 0) is 32.7 Å². The molecule has 8 atom stereocenters. The molecule has 54 heavy (non-hydrogen) atoms. The lowest BCUT2D eigenvalue weighted by atomic mass is 9.85. The Bertz CT molecular complexity index is 1050. The van der Waals surface area contributed by atoms with Crippen LogP contribution in [0.25, 0.3) is 0 Å². The number of phosphoric ester groups is 1. The molecule has 0 spiro atoms. The van der Waals surface area contributed by atoms with Gasteiger partial charge in [0.2, 0.25) is 0 Å². The highest BCUT2D eigenvalue weighted by Crippen LogP contribution is 2.47. The predicted molar refractivity (Wildman–Crippen MR) is 207 cm³/mol. The third kappa shape index (κ3) is 24.1. The van der Waals surface area contributed by atoms with Crippen molar-refractivity contribution >= 4 is 19.8 Å². The minimum atomic E-state index is -5.11. The molecule has 0 aromatic heterocycles. The molecule has 1 saturated carbocycles. The summed E-state index contributed by atoms with van der Waals surface area (Å²) in [6, 6.07) is 0. The van der Waals surface area contributed by atoms with Crippen molar-refractivity contribution in [2.75, 3.05) is 13.2 Å². The van der Waals surface area contributed by atoms with E-state index in [0.29, 0.717) is 12.8 Å². The normalized spacial score (nSPS) is 23.5. The number of rotatable bonds is 33. The molecule has 0 radical (unpaired) electrons. The summed E-state index contributed by atoms with van der Waals surface area (Å²) in [7, 11) is -5.11. The number of aliphatic hydroxyl groups excluding tert-OH is 5. The molecule has 6 N–H and O–H groups in total. The van der Waals surface area contributed by atoms with Crippen LogP contribution in [0.4, 0.5) is 0 Å². The highest BCUT2D eigenvalue weighted by Gasteiger charge is 2.51. The van der Waals surface area contributed by atoms with E-state index in [2.05, 4.69) is 38.2 Å². The van der Waals surface area contributed by atoms with E-state index in [1.165, 1.54) is 57.8 Å². The smallest absolute Gasteiger partial charge is 0.462 e. The first kappa shape index (κ1) is 50.3. The number of ether oxygens (including phenoxy) is 2. The van der Waals surface area contributed by atoms with Gasteiger partial charge in [0.05, 0.1) is 6.61 Å². The second kappa shape index (κ2) is 31.4. The summed E-state index contributed by atoms with van der Waals surface area (Å²) in [5, 5.41) is 49.9. The highest BCUT2D eigenvalue weighted by atomic mass is 31.2. The van der Waals surface area contributed by atoms with Gasteiger partial charge in [-0.05, 0) is 38.5 Å². The van der Waals surface area contributed by atoms with Gasteiger partial charge in [0.15, 0.2) is 6.10 Å². The maximum absolute atomic E-state index is 12.7. The number of carbonyl (C=O) groups is 2. The molecule has 13 nitrogen and oxygen atoms in total. The van der Waals surface area contributed by atoms with Crippen LogP contribution in [0.1, 0.15) is 162 Å². The van der Waals surface area contributed by atoms with E-state index in [-0.39, 0.29) is 12.8 Å². The standard InChI is InChI=1S/C40H73O13P/c1-3-5-7-9-11-13-15-16-17-18-19-21-22-24-26-28-33(41)50-30-32(52-34(42)29-27-25-23-20-14-12-10-8-6-4-2)31-51-54(48,49)53-40-38(46)36(44)35(43)37(45)39(40)47/h13,15-17,32,35-40,43-47H,3-12,14,18-31H2,1-2H3,(H,48,49)/b15-13+,17-16+/t32-,35?,36-,37?,38?,39?,40?/m1/s1. The van der Waals surface area contributed by atoms with Gasteiger partial charge in [-0.25, -0.2) is 4.57 Å². The van der Waals surface area contributed by atoms with Gasteiger partial charge in [-0.2, -0.15) is 0 Å². The van der Waals surface area contributed by atoms with Crippen LogP contribution in [0.5, 0.6) is 0 Å². The summed E-state index contributed by atoms with van der Waals surface area (Å²) < 4.78 is 33.3. The molecular weight excluding hydrogens is 719 g/mol. The summed E-state index contributed by atoms with van der Waals surface area (Å²) in [5.74, 6) is -1.12. The van der Waals surface area contributed by atoms with Crippen LogP contribution in [0, 0.1) is 0 Å². The minimum absolute atomic E-state index is 0.0956. The Labute approximate surface area is 324 Å². The predicted octanol–water partition coefficient (Wildman–Crippen LogP) is 6.89. The molecule has 0 amide bonds. The third-order valence-electron chi connectivity index (χ3n) is 9.57. The van der Waals surface area contributed by atoms with Crippen molar-refractivity contribution in [2.24, 2.45) is 0 Å². The lowest BCUT2D eigenvalue weighted by Crippen LogP contribution is -2.64. The zero-order valence-corrected chi connectivity index (χ0v) is 33.9. The molecule has 0 aromatic carbocycles. The van der Waals surface area contributed by atoms with Crippen molar-refractivity contribution in [2.45, 2.75) is 204 Å². The number of hydrogen-bond donors (Lipinski definition) is 6. The summed E-state index contributed by atoms with van der Waals surface area (Å²) >= 11 is 0. The van der Waals surface area contributed by atoms with Crippen LogP contribution in [0.2, 0.25) is 0 Å². The number of hydrogen-bond acceptors (Lipinski definition) is 12. The Hall–Kier alpha value is -1.67. The zero-order chi connectivity index (χ0) is 40.0. The van der Waals surface area contributed by atoms with Gasteiger partial charge in [-0.3, -0.25) is 18.6 Å². The van der Waals surface area contributed by atoms with E-state index in [1.807, 2.05) is 0 Å². The zero-order valence-electron chi connectivity index (χ0n) is 33.0. The van der Waals surface area contributed by atoms with E-state index in [0.717, 1.165) is 64.2 Å². The average molecular weight is 793 g/mol. The Morgan fingerprint density at radius 1 is 0.574 bits per heavy atom. The molecule has 0 aromatic rings. The lowest BCUT2D eigenvalue weighted by Gasteiger charge is -2.41. The van der Waals surface area contributed by atoms with Crippen molar-refractivity contribution < 1.29 is 63.1 Å². The van der Waals surface area contributed by atoms with Crippen molar-refractivity contribution in [3.05, 3.63) is 24.3 Å². The first-order chi connectivity index (χ1) is 25.9. The van der Waals surface area contributed by atoms with Crippen LogP contribution < -0.4 is 0 Å². The second-order valence-electron chi connectivity index (χ2n) is 14.5. The fraction of sp³-hybridized carbons (Fsp3) is 0.850. The summed E-state index contributed by atoms with van der Waals surface area (Å²) in [6.45, 7) is 3.22. The quantitative estimate of drug-likeness (QED) is 0.0173. The molecule has 0 bridgehead atoms. The molecule has 1 aliphatic carbocycles. The van der Waals surface area contributed by atoms with E-state index in [9.17, 15) is 44.6 Å². The minimum Gasteiger partial charge on any atom is -0.462 e. The van der Waals surface area contributed by atoms with Gasteiger partial charge >= 0.3 is 19.8 Å². The number of carbonyl (C=O) groups excluding carboxylic acids is 2. The van der Waals surface area contributed by atoms with E-state index in [4.69, 9.17) is 18.5 Å². The Morgan fingerprint density at radius 2 is 0.981 bits per heavy atom. The SMILES string of the molecule is CCCCCC/C=C/C=C/CCCCCCCC(=O)OC[C@H](COP(=O)(O)OC1C(O)C(O)C(O)[C@@H](O)C1O)OC(=O)CCCCCCCCCCCC. The Balaban J connectivity index is 2.51. The maximum Gasteiger partial charge on any atom is 0.472 e. The summed E-state index contributed by atoms with van der Waals surface area (Å²) in [6.07, 6.45) is 18.2. The first-order valence-corrected chi connectivity index (χ1v) is 22.2. The van der Waals surface area contributed by atoms with Crippen molar-refractivity contribution in [3.63, 3.8) is 0 Å². The van der Waals surface area contributed by atoms with Gasteiger partial charge in [-0.1, -0.05) is 134 Å². The van der Waals surface area contributed by atoms with Crippen LogP contribution in [-0.4, -0.2) is 98.3 Å². The molecule has 6 unspecified atom stereocenters. The van der Waals surface area contributed by atoms with Gasteiger partial charge < -0.3 is 39.9 Å². The first-order valence-electron chi connectivity index (χ1n) is 20.7. The lowest BCUT2D eigenvalue weighted by molar-refractivity contribution is -0.220. The maximum atomic E-state index is 12.7. The number of unbranched alkanes of at least 4 members (excludes halogenated alkanes) is 18. The van der Waals surface area contributed by atoms with Gasteiger partial charge in [0, 0.05) is 12.8 Å². The third-order valence-corrected chi connectivity index (χ3v) is 10.6. The molecule has 1 aliphatic rings. The second-order valence-corrected chi connectivity index (χ2v) is 15.9. The molecule has 0 saturated heterocycles. The van der Waals surface area contributed by atoms with Gasteiger partial charge in [0.25, 0.3) is 0 Å². The fourth-order valence-electron chi connectivity index (χ4n) is 6.16. The number of esters is 2. The van der Waals surface area contributed by atoms with E-state index in [1.54, 1.807) is 0 Å². The molecule has 316 valence electrons. The van der Waals surface area contributed by atoms with Crippen molar-refractivity contribution in [1.82, 2.24) is 0 Å². The van der Waals surface area contributed by atoms with E-state index >= 15 is 0 Å². The van der Waals surface area contributed by atoms with Crippen LogP contribution in [0.3, 0.4) is 0 Å². The molecule has 1 rings (SSSR count). The summed E-state index contributed by atoms with van der Waals surface area (Å²) in [5.41, 5.74) is 0. The Kier molecular flexibility index (Phi) is 29.3. The van der Waals surface area contributed by atoms with Gasteiger partial charge in [0.1, 0.15) is 43.2 Å². The largest absolute Gasteiger partial charge is 0.472 e. The van der Waals surface area contributed by atoms with Gasteiger partial charge in [-0.15, -0.1) is 0 Å². The topological polar surface area (TPSA) is 210 Å². The fourth-order valence-corrected chi connectivity index (χ4v) is 7.13. The van der Waals surface area contributed by atoms with Crippen molar-refractivity contribution in [3.8, 4) is 0 Å². The highest BCUT2D eigenvalue weighted by molar-refractivity contribution is 7.47. The molecular formula is C40H73O13P. The molecule has 14 heteroatoms. The van der Waals surface area contributed by atoms with Crippen molar-refractivity contribution in [1.29, 1.82) is 0 Å². The molecule has 1 fully saturated rings. The number of allylic oxidation sites excluding steroid dienone is 4. The van der Waals surface area contributed by atoms with Crippen LogP contribution >= 0.6 is 7.82 Å².